The van der Waals surface area contributed by atoms with Gasteiger partial charge in [-0.15, -0.1) is 21.5 Å². The van der Waals surface area contributed by atoms with Gasteiger partial charge < -0.3 is 19.4 Å². The summed E-state index contributed by atoms with van der Waals surface area (Å²) in [6, 6.07) is 9.36. The Kier molecular flexibility index (Phi) is 6.89. The molecule has 0 saturated heterocycles. The van der Waals surface area contributed by atoms with E-state index in [1.807, 2.05) is 38.2 Å². The molecule has 0 fully saturated rings. The summed E-state index contributed by atoms with van der Waals surface area (Å²) < 4.78 is 12.3. The van der Waals surface area contributed by atoms with E-state index in [0.717, 1.165) is 11.3 Å². The number of esters is 1. The van der Waals surface area contributed by atoms with Gasteiger partial charge >= 0.3 is 5.97 Å². The number of hydrogen-bond donors (Lipinski definition) is 1. The number of benzene rings is 1. The van der Waals surface area contributed by atoms with Crippen molar-refractivity contribution in [2.24, 2.45) is 7.05 Å². The number of carbonyl (C=O) groups is 2. The van der Waals surface area contributed by atoms with Crippen LogP contribution in [0.2, 0.25) is 0 Å². The Morgan fingerprint density at radius 1 is 1.24 bits per heavy atom. The van der Waals surface area contributed by atoms with E-state index >= 15 is 0 Å². The molecule has 0 bridgehead atoms. The highest BCUT2D eigenvalue weighted by atomic mass is 32.2. The first-order valence-electron chi connectivity index (χ1n) is 8.64. The topological polar surface area (TPSA) is 95.3 Å². The minimum Gasteiger partial charge on any atom is -0.485 e. The van der Waals surface area contributed by atoms with Crippen LogP contribution in [0.15, 0.2) is 40.9 Å². The van der Waals surface area contributed by atoms with Crippen molar-refractivity contribution in [1.82, 2.24) is 14.8 Å². The summed E-state index contributed by atoms with van der Waals surface area (Å²) in [7, 11) is 3.13. The number of ether oxygens (including phenoxy) is 2. The smallest absolute Gasteiger partial charge is 0.340 e. The summed E-state index contributed by atoms with van der Waals surface area (Å²) >= 11 is 2.52. The van der Waals surface area contributed by atoms with Gasteiger partial charge in [-0.2, -0.15) is 0 Å². The van der Waals surface area contributed by atoms with Gasteiger partial charge in [0.25, 0.3) is 0 Å². The van der Waals surface area contributed by atoms with E-state index in [0.29, 0.717) is 21.5 Å². The highest BCUT2D eigenvalue weighted by molar-refractivity contribution is 7.99. The molecule has 0 spiro atoms. The fraction of sp³-hybridized carbons (Fsp3) is 0.263. The maximum atomic E-state index is 12.3. The molecule has 2 heterocycles. The van der Waals surface area contributed by atoms with Gasteiger partial charge in [0.2, 0.25) is 5.91 Å². The van der Waals surface area contributed by atoms with Crippen molar-refractivity contribution in [3.05, 3.63) is 52.7 Å². The Morgan fingerprint density at radius 2 is 2.03 bits per heavy atom. The maximum Gasteiger partial charge on any atom is 0.340 e. The monoisotopic (exact) mass is 432 g/mol. The van der Waals surface area contributed by atoms with Gasteiger partial charge in [0.1, 0.15) is 17.4 Å². The zero-order valence-corrected chi connectivity index (χ0v) is 17.8. The lowest BCUT2D eigenvalue weighted by molar-refractivity contribution is -0.113. The van der Waals surface area contributed by atoms with Crippen LogP contribution in [-0.4, -0.2) is 39.5 Å². The number of anilines is 1. The number of para-hydroxylation sites is 1. The molecule has 8 nitrogen and oxygen atoms in total. The van der Waals surface area contributed by atoms with Gasteiger partial charge in [-0.05, 0) is 30.0 Å². The van der Waals surface area contributed by atoms with E-state index in [1.165, 1.54) is 30.2 Å². The first-order valence-corrected chi connectivity index (χ1v) is 10.5. The molecule has 1 amide bonds. The first-order chi connectivity index (χ1) is 14.0. The highest BCUT2D eigenvalue weighted by Gasteiger charge is 2.17. The average Bonchev–Trinajstić information content (AvgIpc) is 3.32. The Hall–Kier alpha value is -2.85. The molecule has 0 atom stereocenters. The second-order valence-electron chi connectivity index (χ2n) is 6.00. The number of hydrogen-bond acceptors (Lipinski definition) is 8. The zero-order valence-electron chi connectivity index (χ0n) is 16.2. The van der Waals surface area contributed by atoms with Crippen molar-refractivity contribution in [3.8, 4) is 5.75 Å². The molecule has 0 saturated carbocycles. The van der Waals surface area contributed by atoms with Crippen LogP contribution >= 0.6 is 23.1 Å². The number of aromatic nitrogens is 3. The fourth-order valence-corrected chi connectivity index (χ4v) is 3.95. The van der Waals surface area contributed by atoms with Crippen LogP contribution < -0.4 is 10.1 Å². The van der Waals surface area contributed by atoms with Crippen molar-refractivity contribution >= 4 is 40.0 Å². The van der Waals surface area contributed by atoms with Crippen molar-refractivity contribution in [3.63, 3.8) is 0 Å². The SMILES string of the molecule is COC(=O)c1ccsc1NC(=O)CSc1nnc(COc2ccccc2C)n1C. The summed E-state index contributed by atoms with van der Waals surface area (Å²) in [5, 5.41) is 13.8. The summed E-state index contributed by atoms with van der Waals surface area (Å²) in [4.78, 5) is 23.9. The standard InChI is InChI=1S/C19H20N4O4S2/c1-12-6-4-5-7-14(12)27-10-15-21-22-19(23(15)2)29-11-16(24)20-17-13(8-9-28-17)18(25)26-3/h4-9H,10-11H2,1-3H3,(H,20,24). The Labute approximate surface area is 176 Å². The number of thiophene rings is 1. The number of thioether (sulfide) groups is 1. The van der Waals surface area contributed by atoms with E-state index in [1.54, 1.807) is 16.0 Å². The molecule has 0 radical (unpaired) electrons. The van der Waals surface area contributed by atoms with Gasteiger partial charge in [0.15, 0.2) is 11.0 Å². The fourth-order valence-electron chi connectivity index (χ4n) is 2.43. The quantitative estimate of drug-likeness (QED) is 0.431. The normalized spacial score (nSPS) is 10.6. The molecule has 152 valence electrons. The second kappa shape index (κ2) is 9.57. The third kappa shape index (κ3) is 5.15. The molecule has 0 unspecified atom stereocenters. The Balaban J connectivity index is 1.55. The van der Waals surface area contributed by atoms with Gasteiger partial charge in [0, 0.05) is 7.05 Å². The highest BCUT2D eigenvalue weighted by Crippen LogP contribution is 2.25. The van der Waals surface area contributed by atoms with E-state index < -0.39 is 5.97 Å². The van der Waals surface area contributed by atoms with Gasteiger partial charge in [0.05, 0.1) is 18.4 Å². The molecular weight excluding hydrogens is 412 g/mol. The molecule has 0 aliphatic heterocycles. The van der Waals surface area contributed by atoms with E-state index in [4.69, 9.17) is 9.47 Å². The summed E-state index contributed by atoms with van der Waals surface area (Å²) in [6.45, 7) is 2.25. The molecule has 3 rings (SSSR count). The van der Waals surface area contributed by atoms with Crippen molar-refractivity contribution in [2.75, 3.05) is 18.2 Å². The lowest BCUT2D eigenvalue weighted by atomic mass is 10.2. The number of carbonyl (C=O) groups excluding carboxylic acids is 2. The van der Waals surface area contributed by atoms with Gasteiger partial charge in [-0.3, -0.25) is 4.79 Å². The van der Waals surface area contributed by atoms with Crippen LogP contribution in [-0.2, 0) is 23.2 Å². The Morgan fingerprint density at radius 3 is 2.79 bits per heavy atom. The van der Waals surface area contributed by atoms with Gasteiger partial charge in [-0.25, -0.2) is 4.79 Å². The van der Waals surface area contributed by atoms with E-state index in [-0.39, 0.29) is 18.3 Å². The van der Waals surface area contributed by atoms with E-state index in [2.05, 4.69) is 15.5 Å². The van der Waals surface area contributed by atoms with Crippen molar-refractivity contribution in [1.29, 1.82) is 0 Å². The van der Waals surface area contributed by atoms with Crippen LogP contribution in [0.4, 0.5) is 5.00 Å². The predicted molar refractivity (Wildman–Crippen MR) is 112 cm³/mol. The third-order valence-electron chi connectivity index (χ3n) is 4.03. The van der Waals surface area contributed by atoms with Crippen LogP contribution in [0.25, 0.3) is 0 Å². The maximum absolute atomic E-state index is 12.3. The van der Waals surface area contributed by atoms with Crippen molar-refractivity contribution in [2.45, 2.75) is 18.7 Å². The Bertz CT molecular complexity index is 1020. The number of amides is 1. The van der Waals surface area contributed by atoms with Crippen LogP contribution in [0, 0.1) is 6.92 Å². The van der Waals surface area contributed by atoms with Gasteiger partial charge in [-0.1, -0.05) is 30.0 Å². The number of aryl methyl sites for hydroxylation is 1. The third-order valence-corrected chi connectivity index (χ3v) is 5.88. The largest absolute Gasteiger partial charge is 0.485 e. The number of rotatable bonds is 8. The van der Waals surface area contributed by atoms with Crippen LogP contribution in [0.3, 0.4) is 0 Å². The number of nitrogens with one attached hydrogen (secondary N) is 1. The molecule has 3 aromatic rings. The minimum absolute atomic E-state index is 0.128. The average molecular weight is 433 g/mol. The zero-order chi connectivity index (χ0) is 20.8. The molecular formula is C19H20N4O4S2. The number of nitrogens with zero attached hydrogens (tertiary/aromatic N) is 3. The minimum atomic E-state index is -0.485. The molecule has 2 aromatic heterocycles. The summed E-state index contributed by atoms with van der Waals surface area (Å²) in [6.07, 6.45) is 0. The first kappa shape index (κ1) is 20.9. The molecule has 1 N–H and O–H groups in total. The molecule has 29 heavy (non-hydrogen) atoms. The predicted octanol–water partition coefficient (Wildman–Crippen LogP) is 3.28. The molecule has 0 aliphatic rings. The molecule has 1 aromatic carbocycles. The molecule has 0 aliphatic carbocycles. The van der Waals surface area contributed by atoms with Crippen LogP contribution in [0.1, 0.15) is 21.7 Å². The lowest BCUT2D eigenvalue weighted by Crippen LogP contribution is -2.16. The van der Waals surface area contributed by atoms with Crippen LogP contribution in [0.5, 0.6) is 5.75 Å². The second-order valence-corrected chi connectivity index (χ2v) is 7.86. The molecule has 10 heteroatoms. The lowest BCUT2D eigenvalue weighted by Gasteiger charge is -2.08. The van der Waals surface area contributed by atoms with E-state index in [9.17, 15) is 9.59 Å². The summed E-state index contributed by atoms with van der Waals surface area (Å²) in [5.74, 6) is 0.844. The summed E-state index contributed by atoms with van der Waals surface area (Å²) in [5.41, 5.74) is 1.38. The van der Waals surface area contributed by atoms with Crippen molar-refractivity contribution < 1.29 is 19.1 Å². The number of methoxy groups -OCH3 is 1.